The van der Waals surface area contributed by atoms with E-state index in [0.717, 1.165) is 27.6 Å². The number of aryl methyl sites for hydroxylation is 2. The summed E-state index contributed by atoms with van der Waals surface area (Å²) in [5.41, 5.74) is 2.88. The van der Waals surface area contributed by atoms with Crippen molar-refractivity contribution in [3.63, 3.8) is 0 Å². The third kappa shape index (κ3) is 6.40. The van der Waals surface area contributed by atoms with E-state index in [0.29, 0.717) is 12.3 Å². The van der Waals surface area contributed by atoms with E-state index in [9.17, 15) is 13.2 Å². The van der Waals surface area contributed by atoms with Crippen molar-refractivity contribution in [3.8, 4) is 0 Å². The van der Waals surface area contributed by atoms with E-state index in [2.05, 4.69) is 10.6 Å². The number of benzene rings is 1. The van der Waals surface area contributed by atoms with Gasteiger partial charge in [-0.1, -0.05) is 18.2 Å². The molecule has 0 aliphatic carbocycles. The maximum atomic E-state index is 11.8. The molecule has 0 radical (unpaired) electrons. The Morgan fingerprint density at radius 2 is 1.85 bits per heavy atom. The van der Waals surface area contributed by atoms with E-state index in [-0.39, 0.29) is 12.5 Å². The third-order valence-corrected chi connectivity index (χ3v) is 5.19. The predicted molar refractivity (Wildman–Crippen MR) is 84.7 cm³/mol. The molecule has 0 aliphatic rings. The van der Waals surface area contributed by atoms with Gasteiger partial charge < -0.3 is 10.6 Å². The van der Waals surface area contributed by atoms with Crippen molar-refractivity contribution in [2.24, 2.45) is 0 Å². The van der Waals surface area contributed by atoms with Gasteiger partial charge in [-0.25, -0.2) is 8.42 Å². The lowest BCUT2D eigenvalue weighted by Gasteiger charge is -2.11. The van der Waals surface area contributed by atoms with Crippen molar-refractivity contribution in [2.75, 3.05) is 30.4 Å². The fourth-order valence-corrected chi connectivity index (χ4v) is 3.35. The highest BCUT2D eigenvalue weighted by Crippen LogP contribution is 2.18. The highest BCUT2D eigenvalue weighted by molar-refractivity contribution is 8.71. The van der Waals surface area contributed by atoms with Crippen LogP contribution in [0.1, 0.15) is 11.1 Å². The van der Waals surface area contributed by atoms with Gasteiger partial charge in [0.1, 0.15) is 0 Å². The minimum absolute atomic E-state index is 0.133. The molecule has 0 heterocycles. The summed E-state index contributed by atoms with van der Waals surface area (Å²) in [5, 5.41) is 5.78. The van der Waals surface area contributed by atoms with Crippen LogP contribution in [0.15, 0.2) is 18.2 Å². The van der Waals surface area contributed by atoms with E-state index in [1.54, 1.807) is 0 Å². The van der Waals surface area contributed by atoms with Crippen molar-refractivity contribution >= 4 is 31.3 Å². The van der Waals surface area contributed by atoms with Crippen molar-refractivity contribution < 1.29 is 13.2 Å². The SMILES string of the molecule is Cc1cccc(C)c1NC(=O)CNCCSS(C)(=O)=O. The van der Waals surface area contributed by atoms with Crippen LogP contribution in [-0.2, 0) is 13.7 Å². The van der Waals surface area contributed by atoms with Crippen LogP contribution < -0.4 is 10.6 Å². The summed E-state index contributed by atoms with van der Waals surface area (Å²) < 4.78 is 21.8. The van der Waals surface area contributed by atoms with Crippen LogP contribution in [-0.4, -0.2) is 39.4 Å². The number of carbonyl (C=O) groups is 1. The molecule has 1 aromatic rings. The van der Waals surface area contributed by atoms with Gasteiger partial charge in [0.05, 0.1) is 6.54 Å². The van der Waals surface area contributed by atoms with Gasteiger partial charge in [0.15, 0.2) is 8.87 Å². The second kappa shape index (κ2) is 7.66. The van der Waals surface area contributed by atoms with Gasteiger partial charge in [-0.15, -0.1) is 0 Å². The molecule has 0 bridgehead atoms. The molecule has 0 aliphatic heterocycles. The molecule has 1 rings (SSSR count). The van der Waals surface area contributed by atoms with Crippen LogP contribution in [0.5, 0.6) is 0 Å². The van der Waals surface area contributed by atoms with Crippen molar-refractivity contribution in [2.45, 2.75) is 13.8 Å². The van der Waals surface area contributed by atoms with Crippen LogP contribution in [0, 0.1) is 13.8 Å². The lowest BCUT2D eigenvalue weighted by Crippen LogP contribution is -2.30. The molecule has 2 N–H and O–H groups in total. The Morgan fingerprint density at radius 1 is 1.25 bits per heavy atom. The molecule has 0 unspecified atom stereocenters. The Hall–Kier alpha value is -1.05. The first-order valence-corrected chi connectivity index (χ1v) is 9.60. The zero-order valence-corrected chi connectivity index (χ0v) is 13.5. The zero-order valence-electron chi connectivity index (χ0n) is 11.9. The summed E-state index contributed by atoms with van der Waals surface area (Å²) in [6, 6.07) is 5.83. The van der Waals surface area contributed by atoms with E-state index in [4.69, 9.17) is 0 Å². The van der Waals surface area contributed by atoms with Gasteiger partial charge in [-0.05, 0) is 35.8 Å². The van der Waals surface area contributed by atoms with Crippen LogP contribution in [0.4, 0.5) is 5.69 Å². The molecular weight excluding hydrogens is 296 g/mol. The number of hydrogen-bond donors (Lipinski definition) is 2. The van der Waals surface area contributed by atoms with Crippen molar-refractivity contribution in [1.82, 2.24) is 5.32 Å². The van der Waals surface area contributed by atoms with Crippen LogP contribution in [0.25, 0.3) is 0 Å². The second-order valence-electron chi connectivity index (χ2n) is 4.52. The summed E-state index contributed by atoms with van der Waals surface area (Å²) >= 11 is 0. The average molecular weight is 316 g/mol. The Balaban J connectivity index is 2.34. The zero-order chi connectivity index (χ0) is 15.2. The third-order valence-electron chi connectivity index (χ3n) is 2.61. The number of amides is 1. The van der Waals surface area contributed by atoms with Gasteiger partial charge in [-0.2, -0.15) is 0 Å². The summed E-state index contributed by atoms with van der Waals surface area (Å²) in [4.78, 5) is 11.8. The highest BCUT2D eigenvalue weighted by atomic mass is 33.1. The highest BCUT2D eigenvalue weighted by Gasteiger charge is 2.07. The molecule has 112 valence electrons. The van der Waals surface area contributed by atoms with Gasteiger partial charge in [0.2, 0.25) is 5.91 Å². The summed E-state index contributed by atoms with van der Waals surface area (Å²) in [7, 11) is -2.14. The Kier molecular flexibility index (Phi) is 6.51. The average Bonchev–Trinajstić information content (AvgIpc) is 2.32. The molecule has 1 amide bonds. The van der Waals surface area contributed by atoms with E-state index in [1.807, 2.05) is 32.0 Å². The number of rotatable bonds is 7. The Labute approximate surface area is 123 Å². The van der Waals surface area contributed by atoms with Crippen molar-refractivity contribution in [3.05, 3.63) is 29.3 Å². The quantitative estimate of drug-likeness (QED) is 0.589. The van der Waals surface area contributed by atoms with Crippen LogP contribution >= 0.6 is 10.8 Å². The van der Waals surface area contributed by atoms with E-state index in [1.165, 1.54) is 6.26 Å². The lowest BCUT2D eigenvalue weighted by molar-refractivity contribution is -0.115. The molecule has 0 aromatic heterocycles. The first-order chi connectivity index (χ1) is 9.29. The van der Waals surface area contributed by atoms with Gasteiger partial charge in [0.25, 0.3) is 0 Å². The molecular formula is C13H20N2O3S2. The molecule has 7 heteroatoms. The van der Waals surface area contributed by atoms with E-state index < -0.39 is 8.87 Å². The van der Waals surface area contributed by atoms with Crippen molar-refractivity contribution in [1.29, 1.82) is 0 Å². The largest absolute Gasteiger partial charge is 0.324 e. The fourth-order valence-electron chi connectivity index (χ4n) is 1.66. The maximum absolute atomic E-state index is 11.8. The molecule has 0 fully saturated rings. The van der Waals surface area contributed by atoms with Gasteiger partial charge in [-0.3, -0.25) is 4.79 Å². The number of nitrogens with one attached hydrogen (secondary N) is 2. The predicted octanol–water partition coefficient (Wildman–Crippen LogP) is 1.52. The van der Waals surface area contributed by atoms with E-state index >= 15 is 0 Å². The fraction of sp³-hybridized carbons (Fsp3) is 0.462. The smallest absolute Gasteiger partial charge is 0.238 e. The molecule has 5 nitrogen and oxygen atoms in total. The first kappa shape index (κ1) is 17.0. The topological polar surface area (TPSA) is 75.3 Å². The summed E-state index contributed by atoms with van der Waals surface area (Å²) in [6.45, 7) is 4.52. The molecule has 1 aromatic carbocycles. The monoisotopic (exact) mass is 316 g/mol. The van der Waals surface area contributed by atoms with Crippen LogP contribution in [0.3, 0.4) is 0 Å². The van der Waals surface area contributed by atoms with Gasteiger partial charge in [0, 0.05) is 24.2 Å². The number of hydrogen-bond acceptors (Lipinski definition) is 5. The van der Waals surface area contributed by atoms with Crippen LogP contribution in [0.2, 0.25) is 0 Å². The molecule has 0 spiro atoms. The Bertz CT molecular complexity index is 551. The standard InChI is InChI=1S/C13H20N2O3S2/c1-10-5-4-6-11(2)13(10)15-12(16)9-14-7-8-19-20(3,17)18/h4-6,14H,7-9H2,1-3H3,(H,15,16). The molecule has 0 saturated heterocycles. The number of carbonyl (C=O) groups excluding carboxylic acids is 1. The van der Waals surface area contributed by atoms with Gasteiger partial charge >= 0.3 is 0 Å². The summed E-state index contributed by atoms with van der Waals surface area (Å²) in [5.74, 6) is 0.293. The Morgan fingerprint density at radius 3 is 2.40 bits per heavy atom. The minimum Gasteiger partial charge on any atom is -0.324 e. The number of anilines is 1. The second-order valence-corrected chi connectivity index (χ2v) is 9.09. The minimum atomic E-state index is -3.01. The molecule has 0 atom stereocenters. The first-order valence-electron chi connectivity index (χ1n) is 6.21. The lowest BCUT2D eigenvalue weighted by atomic mass is 10.1. The molecule has 0 saturated carbocycles. The molecule has 20 heavy (non-hydrogen) atoms. The normalized spacial score (nSPS) is 11.3. The maximum Gasteiger partial charge on any atom is 0.238 e. The summed E-state index contributed by atoms with van der Waals surface area (Å²) in [6.07, 6.45) is 1.17. The number of para-hydroxylation sites is 1.